The van der Waals surface area contributed by atoms with Crippen LogP contribution < -0.4 is 5.32 Å². The SMILES string of the molecule is C=C(CN1CCNCC1)/C(=C\C=C/C)C(F)(F)F. The maximum atomic E-state index is 12.9. The van der Waals surface area contributed by atoms with Gasteiger partial charge in [-0.15, -0.1) is 0 Å². The smallest absolute Gasteiger partial charge is 0.314 e. The lowest BCUT2D eigenvalue weighted by Crippen LogP contribution is -2.44. The van der Waals surface area contributed by atoms with Crippen LogP contribution in [-0.2, 0) is 0 Å². The van der Waals surface area contributed by atoms with Crippen molar-refractivity contribution in [1.29, 1.82) is 0 Å². The van der Waals surface area contributed by atoms with Gasteiger partial charge >= 0.3 is 6.18 Å². The zero-order valence-electron chi connectivity index (χ0n) is 10.6. The van der Waals surface area contributed by atoms with Gasteiger partial charge in [0, 0.05) is 32.7 Å². The Hall–Kier alpha value is -1.07. The monoisotopic (exact) mass is 260 g/mol. The lowest BCUT2D eigenvalue weighted by Gasteiger charge is -2.28. The van der Waals surface area contributed by atoms with E-state index in [1.165, 1.54) is 6.08 Å². The van der Waals surface area contributed by atoms with Crippen LogP contribution in [0.4, 0.5) is 13.2 Å². The highest BCUT2D eigenvalue weighted by molar-refractivity contribution is 5.36. The standard InChI is InChI=1S/C13H19F3N2/c1-3-4-5-12(13(14,15)16)11(2)10-18-8-6-17-7-9-18/h3-5,17H,2,6-10H2,1H3/b4-3-,12-5+. The summed E-state index contributed by atoms with van der Waals surface area (Å²) >= 11 is 0. The third kappa shape index (κ3) is 4.66. The topological polar surface area (TPSA) is 15.3 Å². The molecule has 0 radical (unpaired) electrons. The molecule has 0 aromatic rings. The lowest BCUT2D eigenvalue weighted by molar-refractivity contribution is -0.0897. The normalized spacial score (nSPS) is 19.4. The molecular formula is C13H19F3N2. The molecule has 0 saturated carbocycles. The summed E-state index contributed by atoms with van der Waals surface area (Å²) in [5.41, 5.74) is -0.512. The third-order valence-corrected chi connectivity index (χ3v) is 2.77. The van der Waals surface area contributed by atoms with Crippen molar-refractivity contribution < 1.29 is 13.2 Å². The second kappa shape index (κ2) is 6.75. The van der Waals surface area contributed by atoms with Crippen LogP contribution in [-0.4, -0.2) is 43.8 Å². The first-order valence-electron chi connectivity index (χ1n) is 5.96. The average Bonchev–Trinajstić information content (AvgIpc) is 2.29. The number of hydrogen-bond donors (Lipinski definition) is 1. The molecular weight excluding hydrogens is 241 g/mol. The summed E-state index contributed by atoms with van der Waals surface area (Å²) in [6.07, 6.45) is -0.287. The largest absolute Gasteiger partial charge is 0.416 e. The number of rotatable bonds is 4. The van der Waals surface area contributed by atoms with Gasteiger partial charge in [-0.3, -0.25) is 4.90 Å². The molecule has 0 bridgehead atoms. The summed E-state index contributed by atoms with van der Waals surface area (Å²) in [5, 5.41) is 3.16. The summed E-state index contributed by atoms with van der Waals surface area (Å²) in [4.78, 5) is 1.98. The predicted octanol–water partition coefficient (Wildman–Crippen LogP) is 2.51. The molecule has 0 atom stereocenters. The molecule has 2 nitrogen and oxygen atoms in total. The zero-order chi connectivity index (χ0) is 13.6. The van der Waals surface area contributed by atoms with Crippen molar-refractivity contribution in [3.05, 3.63) is 36.0 Å². The molecule has 1 rings (SSSR count). The molecule has 0 unspecified atom stereocenters. The van der Waals surface area contributed by atoms with Crippen molar-refractivity contribution >= 4 is 0 Å². The Bertz CT molecular complexity index is 337. The Balaban J connectivity index is 2.70. The Labute approximate surface area is 106 Å². The van der Waals surface area contributed by atoms with Gasteiger partial charge < -0.3 is 5.32 Å². The number of alkyl halides is 3. The molecule has 1 aliphatic rings. The minimum absolute atomic E-state index is 0.127. The van der Waals surface area contributed by atoms with E-state index in [1.807, 2.05) is 4.90 Å². The molecule has 1 fully saturated rings. The Kier molecular flexibility index (Phi) is 5.62. The highest BCUT2D eigenvalue weighted by Gasteiger charge is 2.35. The first-order chi connectivity index (χ1) is 8.45. The minimum atomic E-state index is -4.34. The van der Waals surface area contributed by atoms with Gasteiger partial charge in [-0.2, -0.15) is 13.2 Å². The Morgan fingerprint density at radius 2 is 1.94 bits per heavy atom. The Morgan fingerprint density at radius 1 is 1.33 bits per heavy atom. The van der Waals surface area contributed by atoms with Crippen molar-refractivity contribution in [3.63, 3.8) is 0 Å². The van der Waals surface area contributed by atoms with E-state index in [-0.39, 0.29) is 12.1 Å². The summed E-state index contributed by atoms with van der Waals surface area (Å²) in [7, 11) is 0. The molecule has 1 N–H and O–H groups in total. The molecule has 5 heteroatoms. The number of hydrogen-bond acceptors (Lipinski definition) is 2. The molecule has 0 aromatic heterocycles. The minimum Gasteiger partial charge on any atom is -0.314 e. The highest BCUT2D eigenvalue weighted by Crippen LogP contribution is 2.31. The highest BCUT2D eigenvalue weighted by atomic mass is 19.4. The van der Waals surface area contributed by atoms with Crippen LogP contribution in [0.3, 0.4) is 0 Å². The molecule has 0 spiro atoms. The van der Waals surface area contributed by atoms with Crippen LogP contribution in [0.25, 0.3) is 0 Å². The van der Waals surface area contributed by atoms with Crippen LogP contribution >= 0.6 is 0 Å². The van der Waals surface area contributed by atoms with Crippen molar-refractivity contribution in [2.75, 3.05) is 32.7 Å². The zero-order valence-corrected chi connectivity index (χ0v) is 10.6. The van der Waals surface area contributed by atoms with Gasteiger partial charge in [0.25, 0.3) is 0 Å². The van der Waals surface area contributed by atoms with E-state index in [0.717, 1.165) is 32.3 Å². The van der Waals surface area contributed by atoms with Crippen LogP contribution in [0, 0.1) is 0 Å². The molecule has 1 saturated heterocycles. The summed E-state index contributed by atoms with van der Waals surface area (Å²) in [6.45, 7) is 8.68. The number of nitrogens with zero attached hydrogens (tertiary/aromatic N) is 1. The summed E-state index contributed by atoms with van der Waals surface area (Å²) < 4.78 is 38.6. The Morgan fingerprint density at radius 3 is 2.44 bits per heavy atom. The lowest BCUT2D eigenvalue weighted by atomic mass is 10.1. The molecule has 0 amide bonds. The summed E-state index contributed by atoms with van der Waals surface area (Å²) in [5.74, 6) is 0. The van der Waals surface area contributed by atoms with E-state index < -0.39 is 11.7 Å². The maximum Gasteiger partial charge on any atom is 0.416 e. The molecule has 1 heterocycles. The van der Waals surface area contributed by atoms with Gasteiger partial charge in [0.15, 0.2) is 0 Å². The van der Waals surface area contributed by atoms with Gasteiger partial charge in [-0.25, -0.2) is 0 Å². The van der Waals surface area contributed by atoms with Crippen LogP contribution in [0.2, 0.25) is 0 Å². The van der Waals surface area contributed by atoms with Crippen LogP contribution in [0.15, 0.2) is 36.0 Å². The van der Waals surface area contributed by atoms with E-state index in [0.29, 0.717) is 0 Å². The predicted molar refractivity (Wildman–Crippen MR) is 67.4 cm³/mol. The van der Waals surface area contributed by atoms with Crippen molar-refractivity contribution in [2.45, 2.75) is 13.1 Å². The van der Waals surface area contributed by atoms with Gasteiger partial charge in [0.2, 0.25) is 0 Å². The summed E-state index contributed by atoms with van der Waals surface area (Å²) in [6, 6.07) is 0. The van der Waals surface area contributed by atoms with Crippen molar-refractivity contribution in [3.8, 4) is 0 Å². The quantitative estimate of drug-likeness (QED) is 0.781. The number of halogens is 3. The van der Waals surface area contributed by atoms with Crippen molar-refractivity contribution in [1.82, 2.24) is 10.2 Å². The fraction of sp³-hybridized carbons (Fsp3) is 0.538. The van der Waals surface area contributed by atoms with E-state index in [2.05, 4.69) is 11.9 Å². The van der Waals surface area contributed by atoms with Gasteiger partial charge in [-0.05, 0) is 12.5 Å². The third-order valence-electron chi connectivity index (χ3n) is 2.77. The number of allylic oxidation sites excluding steroid dienone is 3. The number of piperazine rings is 1. The molecule has 0 aliphatic carbocycles. The molecule has 18 heavy (non-hydrogen) atoms. The van der Waals surface area contributed by atoms with E-state index >= 15 is 0 Å². The average molecular weight is 260 g/mol. The van der Waals surface area contributed by atoms with E-state index in [9.17, 15) is 13.2 Å². The first kappa shape index (κ1) is 15.0. The molecule has 1 aliphatic heterocycles. The van der Waals surface area contributed by atoms with Crippen LogP contribution in [0.5, 0.6) is 0 Å². The number of nitrogens with one attached hydrogen (secondary N) is 1. The van der Waals surface area contributed by atoms with Crippen molar-refractivity contribution in [2.24, 2.45) is 0 Å². The molecule has 102 valence electrons. The maximum absolute atomic E-state index is 12.9. The van der Waals surface area contributed by atoms with Gasteiger partial charge in [0.1, 0.15) is 0 Å². The fourth-order valence-corrected chi connectivity index (χ4v) is 1.83. The first-order valence-corrected chi connectivity index (χ1v) is 5.96. The van der Waals surface area contributed by atoms with Crippen LogP contribution in [0.1, 0.15) is 6.92 Å². The fourth-order valence-electron chi connectivity index (χ4n) is 1.83. The second-order valence-electron chi connectivity index (χ2n) is 4.23. The van der Waals surface area contributed by atoms with Gasteiger partial charge in [0.05, 0.1) is 5.57 Å². The van der Waals surface area contributed by atoms with Gasteiger partial charge in [-0.1, -0.05) is 24.8 Å². The second-order valence-corrected chi connectivity index (χ2v) is 4.23. The van der Waals surface area contributed by atoms with E-state index in [4.69, 9.17) is 0 Å². The molecule has 0 aromatic carbocycles. The van der Waals surface area contributed by atoms with E-state index in [1.54, 1.807) is 13.0 Å².